The molecule has 1 heterocycles. The van der Waals surface area contributed by atoms with E-state index in [4.69, 9.17) is 16.3 Å². The van der Waals surface area contributed by atoms with E-state index in [1.165, 1.54) is 4.90 Å². The molecule has 0 bridgehead atoms. The fraction of sp³-hybridized carbons (Fsp3) is 0.462. The Morgan fingerprint density at radius 1 is 1.45 bits per heavy atom. The van der Waals surface area contributed by atoms with Crippen LogP contribution in [0.5, 0.6) is 5.75 Å². The van der Waals surface area contributed by atoms with Gasteiger partial charge in [0.1, 0.15) is 5.75 Å². The first-order chi connectivity index (χ1) is 9.39. The van der Waals surface area contributed by atoms with Crippen molar-refractivity contribution in [2.45, 2.75) is 12.5 Å². The predicted molar refractivity (Wildman–Crippen MR) is 76.8 cm³/mol. The number of sulfone groups is 1. The second-order valence-corrected chi connectivity index (χ2v) is 7.42. The Hall–Kier alpha value is -1.27. The van der Waals surface area contributed by atoms with Crippen molar-refractivity contribution >= 4 is 27.3 Å². The van der Waals surface area contributed by atoms with Gasteiger partial charge in [0.05, 0.1) is 16.5 Å². The van der Waals surface area contributed by atoms with Gasteiger partial charge in [0.15, 0.2) is 16.4 Å². The summed E-state index contributed by atoms with van der Waals surface area (Å²) < 4.78 is 28.2. The highest BCUT2D eigenvalue weighted by atomic mass is 35.5. The Morgan fingerprint density at radius 3 is 2.75 bits per heavy atom. The highest BCUT2D eigenvalue weighted by Crippen LogP contribution is 2.23. The van der Waals surface area contributed by atoms with Gasteiger partial charge in [-0.1, -0.05) is 23.7 Å². The molecule has 0 aromatic heterocycles. The number of carbonyl (C=O) groups is 1. The van der Waals surface area contributed by atoms with Crippen molar-refractivity contribution in [3.05, 3.63) is 29.3 Å². The SMILES string of the molecule is CN(C(=O)COc1ccccc1Cl)C1CCS(=O)(=O)C1. The second-order valence-electron chi connectivity index (χ2n) is 4.78. The van der Waals surface area contributed by atoms with E-state index in [0.717, 1.165) is 0 Å². The molecule has 1 saturated heterocycles. The van der Waals surface area contributed by atoms with Crippen LogP contribution in [0, 0.1) is 0 Å². The molecule has 110 valence electrons. The van der Waals surface area contributed by atoms with E-state index in [0.29, 0.717) is 17.2 Å². The number of halogens is 1. The van der Waals surface area contributed by atoms with Gasteiger partial charge in [0.25, 0.3) is 5.91 Å². The summed E-state index contributed by atoms with van der Waals surface area (Å²) in [5.41, 5.74) is 0. The van der Waals surface area contributed by atoms with Crippen LogP contribution in [0.15, 0.2) is 24.3 Å². The monoisotopic (exact) mass is 317 g/mol. The van der Waals surface area contributed by atoms with Gasteiger partial charge >= 0.3 is 0 Å². The van der Waals surface area contributed by atoms with Gasteiger partial charge < -0.3 is 9.64 Å². The molecule has 1 aliphatic heterocycles. The second kappa shape index (κ2) is 6.01. The minimum Gasteiger partial charge on any atom is -0.482 e. The molecule has 0 aliphatic carbocycles. The molecular formula is C13H16ClNO4S. The minimum absolute atomic E-state index is 0.0291. The summed E-state index contributed by atoms with van der Waals surface area (Å²) in [4.78, 5) is 13.4. The number of para-hydroxylation sites is 1. The van der Waals surface area contributed by atoms with E-state index in [9.17, 15) is 13.2 Å². The summed E-state index contributed by atoms with van der Waals surface area (Å²) in [5.74, 6) is 0.351. The standard InChI is InChI=1S/C13H16ClNO4S/c1-15(10-6-7-20(17,18)9-10)13(16)8-19-12-5-3-2-4-11(12)14/h2-5,10H,6-9H2,1H3. The summed E-state index contributed by atoms with van der Waals surface area (Å²) in [6.07, 6.45) is 0.483. The van der Waals surface area contributed by atoms with Crippen molar-refractivity contribution in [2.24, 2.45) is 0 Å². The Morgan fingerprint density at radius 2 is 2.15 bits per heavy atom. The molecule has 0 N–H and O–H groups in total. The topological polar surface area (TPSA) is 63.7 Å². The van der Waals surface area contributed by atoms with Crippen molar-refractivity contribution in [1.82, 2.24) is 4.90 Å². The van der Waals surface area contributed by atoms with Gasteiger partial charge in [-0.05, 0) is 18.6 Å². The molecule has 1 aromatic carbocycles. The number of likely N-dealkylation sites (N-methyl/N-ethyl adjacent to an activating group) is 1. The number of nitrogens with zero attached hydrogens (tertiary/aromatic N) is 1. The fourth-order valence-corrected chi connectivity index (χ4v) is 4.05. The molecule has 1 amide bonds. The Bertz CT molecular complexity index is 602. The third-order valence-corrected chi connectivity index (χ3v) is 5.40. The van der Waals surface area contributed by atoms with Crippen molar-refractivity contribution < 1.29 is 17.9 Å². The summed E-state index contributed by atoms with van der Waals surface area (Å²) >= 11 is 5.92. The van der Waals surface area contributed by atoms with Gasteiger partial charge in [-0.2, -0.15) is 0 Å². The van der Waals surface area contributed by atoms with Crippen LogP contribution in [-0.2, 0) is 14.6 Å². The third-order valence-electron chi connectivity index (χ3n) is 3.34. The van der Waals surface area contributed by atoms with Gasteiger partial charge in [-0.15, -0.1) is 0 Å². The van der Waals surface area contributed by atoms with Crippen molar-refractivity contribution in [1.29, 1.82) is 0 Å². The first-order valence-electron chi connectivity index (χ1n) is 6.22. The largest absolute Gasteiger partial charge is 0.482 e. The Balaban J connectivity index is 1.91. The number of benzene rings is 1. The van der Waals surface area contributed by atoms with Crippen LogP contribution in [0.2, 0.25) is 5.02 Å². The lowest BCUT2D eigenvalue weighted by molar-refractivity contribution is -0.133. The molecule has 1 atom stereocenters. The molecule has 0 spiro atoms. The molecule has 2 rings (SSSR count). The number of carbonyl (C=O) groups excluding carboxylic acids is 1. The molecule has 1 aromatic rings. The maximum absolute atomic E-state index is 12.0. The molecule has 20 heavy (non-hydrogen) atoms. The average Bonchev–Trinajstić information content (AvgIpc) is 2.77. The fourth-order valence-electron chi connectivity index (χ4n) is 2.09. The van der Waals surface area contributed by atoms with Crippen LogP contribution in [0.25, 0.3) is 0 Å². The lowest BCUT2D eigenvalue weighted by Crippen LogP contribution is -2.40. The van der Waals surface area contributed by atoms with Crippen LogP contribution < -0.4 is 4.74 Å². The third kappa shape index (κ3) is 3.64. The number of ether oxygens (including phenoxy) is 1. The van der Waals surface area contributed by atoms with Crippen LogP contribution >= 0.6 is 11.6 Å². The van der Waals surface area contributed by atoms with E-state index in [2.05, 4.69) is 0 Å². The summed E-state index contributed by atoms with van der Waals surface area (Å²) in [5, 5.41) is 0.436. The van der Waals surface area contributed by atoms with E-state index in [1.807, 2.05) is 0 Å². The van der Waals surface area contributed by atoms with Crippen LogP contribution in [0.1, 0.15) is 6.42 Å². The van der Waals surface area contributed by atoms with E-state index in [-0.39, 0.29) is 30.1 Å². The molecule has 1 unspecified atom stereocenters. The minimum atomic E-state index is -3.00. The zero-order valence-electron chi connectivity index (χ0n) is 11.1. The molecule has 0 saturated carbocycles. The number of rotatable bonds is 4. The predicted octanol–water partition coefficient (Wildman–Crippen LogP) is 1.36. The highest BCUT2D eigenvalue weighted by Gasteiger charge is 2.32. The van der Waals surface area contributed by atoms with Crippen LogP contribution in [-0.4, -0.2) is 50.4 Å². The van der Waals surface area contributed by atoms with Crippen LogP contribution in [0.3, 0.4) is 0 Å². The first kappa shape index (κ1) is 15.1. The molecule has 1 fully saturated rings. The maximum Gasteiger partial charge on any atom is 0.260 e. The van der Waals surface area contributed by atoms with Crippen LogP contribution in [0.4, 0.5) is 0 Å². The van der Waals surface area contributed by atoms with E-state index in [1.54, 1.807) is 31.3 Å². The van der Waals surface area contributed by atoms with E-state index >= 15 is 0 Å². The maximum atomic E-state index is 12.0. The lowest BCUT2D eigenvalue weighted by atomic mass is 10.2. The zero-order valence-corrected chi connectivity index (χ0v) is 12.7. The Kier molecular flexibility index (Phi) is 4.55. The van der Waals surface area contributed by atoms with Crippen molar-refractivity contribution in [3.8, 4) is 5.75 Å². The van der Waals surface area contributed by atoms with Crippen molar-refractivity contribution in [2.75, 3.05) is 25.2 Å². The lowest BCUT2D eigenvalue weighted by Gasteiger charge is -2.23. The molecule has 7 heteroatoms. The first-order valence-corrected chi connectivity index (χ1v) is 8.42. The van der Waals surface area contributed by atoms with Gasteiger partial charge in [0, 0.05) is 13.1 Å². The quantitative estimate of drug-likeness (QED) is 0.841. The molecule has 5 nitrogen and oxygen atoms in total. The van der Waals surface area contributed by atoms with Gasteiger partial charge in [-0.3, -0.25) is 4.79 Å². The average molecular weight is 318 g/mol. The van der Waals surface area contributed by atoms with Gasteiger partial charge in [0.2, 0.25) is 0 Å². The van der Waals surface area contributed by atoms with Gasteiger partial charge in [-0.25, -0.2) is 8.42 Å². The molecule has 1 aliphatic rings. The normalized spacial score (nSPS) is 20.6. The molecular weight excluding hydrogens is 302 g/mol. The number of hydrogen-bond acceptors (Lipinski definition) is 4. The smallest absolute Gasteiger partial charge is 0.260 e. The van der Waals surface area contributed by atoms with Crippen molar-refractivity contribution in [3.63, 3.8) is 0 Å². The zero-order chi connectivity index (χ0) is 14.8. The number of amides is 1. The Labute approximate surface area is 123 Å². The summed E-state index contributed by atoms with van der Waals surface area (Å²) in [6.45, 7) is -0.156. The molecule has 0 radical (unpaired) electrons. The summed E-state index contributed by atoms with van der Waals surface area (Å²) in [6, 6.07) is 6.62. The highest BCUT2D eigenvalue weighted by molar-refractivity contribution is 7.91. The van der Waals surface area contributed by atoms with E-state index < -0.39 is 9.84 Å². The summed E-state index contributed by atoms with van der Waals surface area (Å²) in [7, 11) is -1.40. The number of hydrogen-bond donors (Lipinski definition) is 0.